The smallest absolute Gasteiger partial charge is 0.326 e. The number of hydrogen-bond acceptors (Lipinski definition) is 15. The van der Waals surface area contributed by atoms with Crippen molar-refractivity contribution >= 4 is 110 Å². The third-order valence-electron chi connectivity index (χ3n) is 16.1. The van der Waals surface area contributed by atoms with E-state index in [2.05, 4.69) is 144 Å². The van der Waals surface area contributed by atoms with E-state index in [1.54, 1.807) is 0 Å². The maximum Gasteiger partial charge on any atom is 0.326 e. The minimum absolute atomic E-state index is 0.0993. The first kappa shape index (κ1) is 61.4. The van der Waals surface area contributed by atoms with Crippen LogP contribution in [0, 0.1) is 0 Å². The molecule has 1 unspecified atom stereocenters. The molecule has 20 heteroatoms. The topological polar surface area (TPSA) is 252 Å². The zero-order valence-electron chi connectivity index (χ0n) is 45.1. The summed E-state index contributed by atoms with van der Waals surface area (Å²) < 4.78 is 30.2. The number of hydrogen-bond donors (Lipinski definition) is 5. The minimum Gasteiger partial charge on any atom is -0.468 e. The maximum atomic E-state index is 11.6. The van der Waals surface area contributed by atoms with Crippen LogP contribution >= 0.6 is 79.6 Å². The second-order valence-corrected chi connectivity index (χ2v) is 26.4. The molecular formula is C60H68Br5N7O8. The van der Waals surface area contributed by atoms with Gasteiger partial charge in [0, 0.05) is 54.5 Å². The molecule has 426 valence electrons. The summed E-state index contributed by atoms with van der Waals surface area (Å²) in [6, 6.07) is 32.0. The molecule has 12 rings (SSSR count). The number of ether oxygens (including phenoxy) is 5. The molecule has 0 bridgehead atoms. The summed E-state index contributed by atoms with van der Waals surface area (Å²) in [6.45, 7) is 1.26. The number of amidine groups is 2. The van der Waals surface area contributed by atoms with Crippen LogP contribution in [-0.2, 0) is 102 Å². The third kappa shape index (κ3) is 14.7. The Morgan fingerprint density at radius 3 is 0.863 bits per heavy atom. The van der Waals surface area contributed by atoms with Crippen molar-refractivity contribution in [2.75, 3.05) is 34.5 Å². The number of carbonyl (C=O) groups is 3. The van der Waals surface area contributed by atoms with Crippen molar-refractivity contribution in [3.63, 3.8) is 0 Å². The molecular weight excluding hydrogens is 1350 g/mol. The van der Waals surface area contributed by atoms with Crippen molar-refractivity contribution in [2.24, 2.45) is 38.7 Å². The molecule has 7 aliphatic rings. The number of halogens is 5. The SMILES string of the molecule is COC(=O)C1(N)CCc2ccc(Br)cc2C1.COC(=O)[C@@]1(N)CCc2ccc(Br)cc2C1.COC(=O)[C@]1(N)CCc2ccc(Br)cc2C1.NC1=N[C@@]2(CCc3ccc(Br)cc3C2)CO1.NC1=N[C@]2(CCc3ccc(Br)cc3C2)CO1. The van der Waals surface area contributed by atoms with Gasteiger partial charge in [-0.15, -0.1) is 0 Å². The van der Waals surface area contributed by atoms with E-state index in [4.69, 9.17) is 52.4 Å². The average Bonchev–Trinajstić information content (AvgIpc) is 4.02. The first-order valence-corrected chi connectivity index (χ1v) is 30.4. The quantitative estimate of drug-likeness (QED) is 0.0835. The molecule has 0 saturated heterocycles. The number of aryl methyl sites for hydroxylation is 5. The summed E-state index contributed by atoms with van der Waals surface area (Å²) in [4.78, 5) is 43.8. The number of aliphatic imine (C=N–C) groups is 2. The normalized spacial score (nSPS) is 25.2. The largest absolute Gasteiger partial charge is 0.468 e. The molecule has 2 heterocycles. The minimum atomic E-state index is -0.859. The Hall–Kier alpha value is -4.67. The lowest BCUT2D eigenvalue weighted by molar-refractivity contribution is -0.148. The number of esters is 3. The second kappa shape index (κ2) is 25.9. The van der Waals surface area contributed by atoms with Crippen LogP contribution in [0.5, 0.6) is 0 Å². The molecule has 2 aliphatic heterocycles. The number of fused-ring (bicyclic) bond motifs is 5. The predicted octanol–water partition coefficient (Wildman–Crippen LogP) is 9.47. The first-order chi connectivity index (χ1) is 38.0. The highest BCUT2D eigenvalue weighted by Gasteiger charge is 2.43. The number of rotatable bonds is 3. The lowest BCUT2D eigenvalue weighted by Gasteiger charge is -2.32. The monoisotopic (exact) mass is 1410 g/mol. The number of nitrogens with zero attached hydrogens (tertiary/aromatic N) is 2. The van der Waals surface area contributed by atoms with Gasteiger partial charge in [0.2, 0.25) is 0 Å². The zero-order chi connectivity index (χ0) is 57.6. The standard InChI is InChI=1S/2C12H13BrN2O.3C12H14BrNO2/c2*13-10-2-1-8-3-4-12(6-9(8)5-10)7-16-11(14)15-12;3*1-16-11(15)12(14)5-4-8-2-3-10(13)6-9(8)7-12/h2*1-2,5H,3-4,6-7H2,(H2,14,15);3*2-3,6H,4-5,7,14H2,1H3/t4*12-;/m1010./s1. The van der Waals surface area contributed by atoms with Crippen LogP contribution in [0.2, 0.25) is 0 Å². The molecule has 15 nitrogen and oxygen atoms in total. The van der Waals surface area contributed by atoms with Crippen LogP contribution in [0.15, 0.2) is 123 Å². The molecule has 0 amide bonds. The second-order valence-electron chi connectivity index (χ2n) is 21.8. The van der Waals surface area contributed by atoms with Crippen molar-refractivity contribution in [3.8, 4) is 0 Å². The average molecular weight is 1410 g/mol. The number of benzene rings is 5. The van der Waals surface area contributed by atoms with E-state index in [1.807, 2.05) is 36.4 Å². The summed E-state index contributed by atoms with van der Waals surface area (Å²) in [5, 5.41) is 0. The lowest BCUT2D eigenvalue weighted by atomic mass is 9.79. The van der Waals surface area contributed by atoms with Crippen LogP contribution in [0.4, 0.5) is 0 Å². The van der Waals surface area contributed by atoms with Crippen LogP contribution in [-0.4, -0.2) is 92.2 Å². The van der Waals surface area contributed by atoms with E-state index >= 15 is 0 Å². The summed E-state index contributed by atoms with van der Waals surface area (Å²) in [7, 11) is 4.15. The third-order valence-corrected chi connectivity index (χ3v) is 18.6. The van der Waals surface area contributed by atoms with Crippen molar-refractivity contribution in [2.45, 2.75) is 124 Å². The highest BCUT2D eigenvalue weighted by Crippen LogP contribution is 2.38. The number of nitrogens with two attached hydrogens (primary N) is 5. The van der Waals surface area contributed by atoms with Crippen molar-refractivity contribution in [1.82, 2.24) is 0 Å². The fraction of sp³-hybridized carbons (Fsp3) is 0.417. The van der Waals surface area contributed by atoms with Gasteiger partial charge in [0.25, 0.3) is 12.0 Å². The molecule has 0 radical (unpaired) electrons. The van der Waals surface area contributed by atoms with Crippen LogP contribution in [0.1, 0.15) is 87.7 Å². The molecule has 80 heavy (non-hydrogen) atoms. The van der Waals surface area contributed by atoms with Crippen LogP contribution in [0.3, 0.4) is 0 Å². The van der Waals surface area contributed by atoms with Crippen LogP contribution < -0.4 is 28.7 Å². The highest BCUT2D eigenvalue weighted by molar-refractivity contribution is 9.11. The summed E-state index contributed by atoms with van der Waals surface area (Å²) >= 11 is 17.3. The Kier molecular flexibility index (Phi) is 19.8. The molecule has 5 aliphatic carbocycles. The maximum absolute atomic E-state index is 11.6. The van der Waals surface area contributed by atoms with Gasteiger partial charge < -0.3 is 52.4 Å². The van der Waals surface area contributed by atoms with Gasteiger partial charge in [0.05, 0.1) is 21.3 Å². The molecule has 0 saturated carbocycles. The van der Waals surface area contributed by atoms with Gasteiger partial charge >= 0.3 is 17.9 Å². The van der Waals surface area contributed by atoms with Crippen molar-refractivity contribution in [1.29, 1.82) is 0 Å². The molecule has 10 N–H and O–H groups in total. The Morgan fingerprint density at radius 1 is 0.400 bits per heavy atom. The van der Waals surface area contributed by atoms with Gasteiger partial charge in [0.15, 0.2) is 0 Å². The van der Waals surface area contributed by atoms with E-state index in [0.29, 0.717) is 63.8 Å². The van der Waals surface area contributed by atoms with Gasteiger partial charge in [-0.2, -0.15) is 0 Å². The Bertz CT molecular complexity index is 2940. The van der Waals surface area contributed by atoms with E-state index in [0.717, 1.165) is 96.8 Å². The highest BCUT2D eigenvalue weighted by atomic mass is 79.9. The van der Waals surface area contributed by atoms with Gasteiger partial charge in [-0.25, -0.2) is 9.98 Å². The molecule has 5 atom stereocenters. The lowest BCUT2D eigenvalue weighted by Crippen LogP contribution is -2.52. The van der Waals surface area contributed by atoms with E-state index in [1.165, 1.54) is 60.3 Å². The fourth-order valence-corrected chi connectivity index (χ4v) is 13.6. The van der Waals surface area contributed by atoms with E-state index in [9.17, 15) is 14.4 Å². The summed E-state index contributed by atoms with van der Waals surface area (Å²) in [5.41, 5.74) is 39.5. The Morgan fingerprint density at radius 2 is 0.637 bits per heavy atom. The van der Waals surface area contributed by atoms with Gasteiger partial charge in [-0.1, -0.05) is 110 Å². The summed E-state index contributed by atoms with van der Waals surface area (Å²) in [6.07, 6.45) is 12.1. The summed E-state index contributed by atoms with van der Waals surface area (Å²) in [5.74, 6) is -0.964. The Balaban J connectivity index is 0.000000131. The van der Waals surface area contributed by atoms with E-state index in [-0.39, 0.29) is 29.0 Å². The van der Waals surface area contributed by atoms with Crippen LogP contribution in [0.25, 0.3) is 0 Å². The van der Waals surface area contributed by atoms with Crippen molar-refractivity contribution < 1.29 is 38.1 Å². The van der Waals surface area contributed by atoms with E-state index < -0.39 is 16.6 Å². The molecule has 0 fully saturated rings. The van der Waals surface area contributed by atoms with Gasteiger partial charge in [0.1, 0.15) is 40.9 Å². The zero-order valence-corrected chi connectivity index (χ0v) is 53.0. The molecule has 2 spiro atoms. The molecule has 5 aromatic rings. The Labute approximate surface area is 509 Å². The molecule has 0 aromatic heterocycles. The van der Waals surface area contributed by atoms with Gasteiger partial charge in [-0.3, -0.25) is 14.4 Å². The fourth-order valence-electron chi connectivity index (χ4n) is 11.6. The number of methoxy groups -OCH3 is 3. The molecule has 5 aromatic carbocycles. The predicted molar refractivity (Wildman–Crippen MR) is 328 cm³/mol. The van der Waals surface area contributed by atoms with Crippen molar-refractivity contribution in [3.05, 3.63) is 169 Å². The first-order valence-electron chi connectivity index (χ1n) is 26.4. The van der Waals surface area contributed by atoms with Gasteiger partial charge in [-0.05, 0) is 181 Å². The number of carbonyl (C=O) groups excluding carboxylic acids is 3.